The van der Waals surface area contributed by atoms with Crippen molar-refractivity contribution in [2.45, 2.75) is 19.0 Å². The highest BCUT2D eigenvalue weighted by Crippen LogP contribution is 2.37. The van der Waals surface area contributed by atoms with Crippen LogP contribution in [0.1, 0.15) is 27.0 Å². The number of rotatable bonds is 4. The third kappa shape index (κ3) is 4.06. The number of hydrogen-bond donors (Lipinski definition) is 0. The number of hydrogen-bond acceptors (Lipinski definition) is 2. The standard InChI is InChI=1S/C16H10F6O2/c17-15(18,19)12-6-5-11(13(7-12)16(20,21)22)9-24-14-4-2-1-3-10(14)8-23/h1-8H,9H2. The highest BCUT2D eigenvalue weighted by Gasteiger charge is 2.38. The summed E-state index contributed by atoms with van der Waals surface area (Å²) < 4.78 is 82.0. The summed E-state index contributed by atoms with van der Waals surface area (Å²) in [5.74, 6) is 0.0422. The van der Waals surface area contributed by atoms with Gasteiger partial charge in [-0.15, -0.1) is 0 Å². The van der Waals surface area contributed by atoms with E-state index in [1.165, 1.54) is 24.3 Å². The van der Waals surface area contributed by atoms with E-state index in [9.17, 15) is 31.1 Å². The topological polar surface area (TPSA) is 26.3 Å². The molecule has 2 nitrogen and oxygen atoms in total. The van der Waals surface area contributed by atoms with Gasteiger partial charge in [-0.05, 0) is 24.3 Å². The summed E-state index contributed by atoms with van der Waals surface area (Å²) in [7, 11) is 0. The first-order chi connectivity index (χ1) is 11.1. The van der Waals surface area contributed by atoms with Crippen molar-refractivity contribution in [1.82, 2.24) is 0 Å². The highest BCUT2D eigenvalue weighted by atomic mass is 19.4. The Kier molecular flexibility index (Phi) is 4.86. The maximum Gasteiger partial charge on any atom is 0.416 e. The number of para-hydroxylation sites is 1. The Hall–Kier alpha value is -2.51. The maximum atomic E-state index is 13.0. The fourth-order valence-corrected chi connectivity index (χ4v) is 2.01. The summed E-state index contributed by atoms with van der Waals surface area (Å²) in [6.07, 6.45) is -9.39. The van der Waals surface area contributed by atoms with Crippen LogP contribution in [0.5, 0.6) is 5.75 Å². The van der Waals surface area contributed by atoms with E-state index in [0.717, 1.165) is 6.07 Å². The first-order valence-corrected chi connectivity index (χ1v) is 6.57. The monoisotopic (exact) mass is 348 g/mol. The molecule has 0 aromatic heterocycles. The Bertz CT molecular complexity index is 734. The molecule has 0 amide bonds. The largest absolute Gasteiger partial charge is 0.488 e. The van der Waals surface area contributed by atoms with Crippen LogP contribution < -0.4 is 4.74 Å². The second-order valence-corrected chi connectivity index (χ2v) is 4.81. The number of alkyl halides is 6. The van der Waals surface area contributed by atoms with Crippen LogP contribution in [-0.2, 0) is 19.0 Å². The molecule has 0 spiro atoms. The second kappa shape index (κ2) is 6.54. The predicted molar refractivity (Wildman–Crippen MR) is 72.6 cm³/mol. The summed E-state index contributed by atoms with van der Waals surface area (Å²) >= 11 is 0. The van der Waals surface area contributed by atoms with E-state index in [0.29, 0.717) is 12.4 Å². The number of carbonyl (C=O) groups excluding carboxylic acids is 1. The van der Waals surface area contributed by atoms with Crippen LogP contribution in [0, 0.1) is 0 Å². The summed E-state index contributed by atoms with van der Waals surface area (Å²) in [6.45, 7) is -0.627. The Balaban J connectivity index is 2.34. The molecule has 2 aromatic carbocycles. The molecule has 2 rings (SSSR count). The molecule has 0 saturated carbocycles. The number of halogens is 6. The van der Waals surface area contributed by atoms with Gasteiger partial charge in [0.25, 0.3) is 0 Å². The molecule has 0 aliphatic carbocycles. The summed E-state index contributed by atoms with van der Waals surface area (Å²) in [5, 5.41) is 0. The molecule has 24 heavy (non-hydrogen) atoms. The van der Waals surface area contributed by atoms with Gasteiger partial charge in [-0.1, -0.05) is 18.2 Å². The predicted octanol–water partition coefficient (Wildman–Crippen LogP) is 5.12. The van der Waals surface area contributed by atoms with Crippen molar-refractivity contribution < 1.29 is 35.9 Å². The van der Waals surface area contributed by atoms with Crippen LogP contribution in [-0.4, -0.2) is 6.29 Å². The van der Waals surface area contributed by atoms with Crippen LogP contribution in [0.3, 0.4) is 0 Å². The molecule has 0 heterocycles. The minimum atomic E-state index is -4.97. The fourth-order valence-electron chi connectivity index (χ4n) is 2.01. The minimum absolute atomic E-state index is 0.0422. The average molecular weight is 348 g/mol. The number of benzene rings is 2. The highest BCUT2D eigenvalue weighted by molar-refractivity contribution is 5.79. The summed E-state index contributed by atoms with van der Waals surface area (Å²) in [6, 6.07) is 7.15. The molecule has 0 aliphatic heterocycles. The Morgan fingerprint density at radius 1 is 0.917 bits per heavy atom. The van der Waals surface area contributed by atoms with E-state index in [1.54, 1.807) is 0 Å². The summed E-state index contributed by atoms with van der Waals surface area (Å²) in [5.41, 5.74) is -3.16. The van der Waals surface area contributed by atoms with E-state index >= 15 is 0 Å². The number of aldehydes is 1. The third-order valence-corrected chi connectivity index (χ3v) is 3.17. The Morgan fingerprint density at radius 3 is 2.17 bits per heavy atom. The van der Waals surface area contributed by atoms with Crippen LogP contribution in [0.15, 0.2) is 42.5 Å². The lowest BCUT2D eigenvalue weighted by atomic mass is 10.0. The van der Waals surface area contributed by atoms with Gasteiger partial charge in [0.15, 0.2) is 6.29 Å². The van der Waals surface area contributed by atoms with Gasteiger partial charge in [0.05, 0.1) is 16.7 Å². The molecular weight excluding hydrogens is 338 g/mol. The fraction of sp³-hybridized carbons (Fsp3) is 0.188. The third-order valence-electron chi connectivity index (χ3n) is 3.17. The zero-order valence-electron chi connectivity index (χ0n) is 11.9. The molecular formula is C16H10F6O2. The number of carbonyl (C=O) groups is 1. The molecule has 128 valence electrons. The molecule has 0 radical (unpaired) electrons. The van der Waals surface area contributed by atoms with Crippen LogP contribution in [0.25, 0.3) is 0 Å². The van der Waals surface area contributed by atoms with Crippen molar-refractivity contribution in [2.24, 2.45) is 0 Å². The maximum absolute atomic E-state index is 13.0. The van der Waals surface area contributed by atoms with E-state index in [-0.39, 0.29) is 17.4 Å². The van der Waals surface area contributed by atoms with Gasteiger partial charge in [0.2, 0.25) is 0 Å². The first-order valence-electron chi connectivity index (χ1n) is 6.57. The van der Waals surface area contributed by atoms with E-state index in [1.807, 2.05) is 0 Å². The molecule has 8 heteroatoms. The van der Waals surface area contributed by atoms with Crippen molar-refractivity contribution >= 4 is 6.29 Å². The summed E-state index contributed by atoms with van der Waals surface area (Å²) in [4.78, 5) is 10.8. The molecule has 0 bridgehead atoms. The molecule has 0 atom stereocenters. The molecule has 0 unspecified atom stereocenters. The molecule has 0 N–H and O–H groups in total. The van der Waals surface area contributed by atoms with E-state index < -0.39 is 35.6 Å². The van der Waals surface area contributed by atoms with Gasteiger partial charge in [0.1, 0.15) is 12.4 Å². The molecule has 0 saturated heterocycles. The Labute approximate surface area is 132 Å². The molecule has 2 aromatic rings. The Morgan fingerprint density at radius 2 is 1.58 bits per heavy atom. The molecule has 0 fully saturated rings. The quantitative estimate of drug-likeness (QED) is 0.567. The van der Waals surface area contributed by atoms with Gasteiger partial charge in [-0.2, -0.15) is 26.3 Å². The number of ether oxygens (including phenoxy) is 1. The van der Waals surface area contributed by atoms with Gasteiger partial charge >= 0.3 is 12.4 Å². The van der Waals surface area contributed by atoms with Crippen LogP contribution >= 0.6 is 0 Å². The van der Waals surface area contributed by atoms with Gasteiger partial charge in [-0.3, -0.25) is 4.79 Å². The van der Waals surface area contributed by atoms with E-state index in [2.05, 4.69) is 0 Å². The van der Waals surface area contributed by atoms with Crippen molar-refractivity contribution in [3.63, 3.8) is 0 Å². The zero-order valence-corrected chi connectivity index (χ0v) is 11.9. The van der Waals surface area contributed by atoms with Gasteiger partial charge in [-0.25, -0.2) is 0 Å². The van der Waals surface area contributed by atoms with Crippen LogP contribution in [0.4, 0.5) is 26.3 Å². The molecule has 0 aliphatic rings. The SMILES string of the molecule is O=Cc1ccccc1OCc1ccc(C(F)(F)F)cc1C(F)(F)F. The van der Waals surface area contributed by atoms with Crippen molar-refractivity contribution in [2.75, 3.05) is 0 Å². The lowest BCUT2D eigenvalue weighted by molar-refractivity contribution is -0.143. The van der Waals surface area contributed by atoms with Crippen molar-refractivity contribution in [1.29, 1.82) is 0 Å². The van der Waals surface area contributed by atoms with Crippen molar-refractivity contribution in [3.05, 3.63) is 64.7 Å². The average Bonchev–Trinajstić information content (AvgIpc) is 2.51. The lowest BCUT2D eigenvalue weighted by Crippen LogP contribution is -2.14. The normalized spacial score (nSPS) is 12.1. The minimum Gasteiger partial charge on any atom is -0.488 e. The zero-order chi connectivity index (χ0) is 18.0. The van der Waals surface area contributed by atoms with Gasteiger partial charge in [0, 0.05) is 5.56 Å². The van der Waals surface area contributed by atoms with Gasteiger partial charge < -0.3 is 4.74 Å². The lowest BCUT2D eigenvalue weighted by Gasteiger charge is -2.16. The first kappa shape index (κ1) is 17.8. The second-order valence-electron chi connectivity index (χ2n) is 4.81. The van der Waals surface area contributed by atoms with Crippen LogP contribution in [0.2, 0.25) is 0 Å². The van der Waals surface area contributed by atoms with Crippen molar-refractivity contribution in [3.8, 4) is 5.75 Å². The van der Waals surface area contributed by atoms with E-state index in [4.69, 9.17) is 4.74 Å². The smallest absolute Gasteiger partial charge is 0.416 e.